The standard InChI is InChI=1S/C13H14ClNO3/c1-3-6-15-11-5-4-9(14)7-10(11)12(13(15)17)18-8(2)16/h4-5,7,12H,3,6H2,1-2H3. The molecule has 1 aliphatic rings. The topological polar surface area (TPSA) is 46.6 Å². The number of hydrogen-bond donors (Lipinski definition) is 0. The van der Waals surface area contributed by atoms with Gasteiger partial charge in [0.2, 0.25) is 6.10 Å². The number of carbonyl (C=O) groups excluding carboxylic acids is 2. The van der Waals surface area contributed by atoms with E-state index >= 15 is 0 Å². The van der Waals surface area contributed by atoms with Crippen LogP contribution in [0.1, 0.15) is 31.9 Å². The van der Waals surface area contributed by atoms with Crippen LogP contribution in [0.5, 0.6) is 0 Å². The van der Waals surface area contributed by atoms with Gasteiger partial charge < -0.3 is 9.64 Å². The fourth-order valence-corrected chi connectivity index (χ4v) is 2.29. The van der Waals surface area contributed by atoms with E-state index in [1.807, 2.05) is 6.92 Å². The van der Waals surface area contributed by atoms with Gasteiger partial charge in [0.25, 0.3) is 5.91 Å². The molecule has 4 nitrogen and oxygen atoms in total. The summed E-state index contributed by atoms with van der Waals surface area (Å²) in [6.07, 6.45) is -0.0246. The van der Waals surface area contributed by atoms with Crippen molar-refractivity contribution < 1.29 is 14.3 Å². The Hall–Kier alpha value is -1.55. The maximum Gasteiger partial charge on any atom is 0.303 e. The van der Waals surface area contributed by atoms with E-state index in [-0.39, 0.29) is 5.91 Å². The van der Waals surface area contributed by atoms with Crippen molar-refractivity contribution in [1.29, 1.82) is 0 Å². The Bertz CT molecular complexity index is 501. The van der Waals surface area contributed by atoms with Gasteiger partial charge in [-0.25, -0.2) is 0 Å². The second-order valence-electron chi connectivity index (χ2n) is 4.18. The van der Waals surface area contributed by atoms with E-state index in [0.29, 0.717) is 17.1 Å². The smallest absolute Gasteiger partial charge is 0.303 e. The summed E-state index contributed by atoms with van der Waals surface area (Å²) < 4.78 is 5.09. The number of fused-ring (bicyclic) bond motifs is 1. The van der Waals surface area contributed by atoms with E-state index in [9.17, 15) is 9.59 Å². The molecule has 96 valence electrons. The number of hydrogen-bond acceptors (Lipinski definition) is 3. The van der Waals surface area contributed by atoms with Gasteiger partial charge in [-0.3, -0.25) is 9.59 Å². The van der Waals surface area contributed by atoms with Crippen molar-refractivity contribution in [2.45, 2.75) is 26.4 Å². The Morgan fingerprint density at radius 1 is 1.50 bits per heavy atom. The van der Waals surface area contributed by atoms with Gasteiger partial charge in [0.15, 0.2) is 0 Å². The largest absolute Gasteiger partial charge is 0.447 e. The minimum absolute atomic E-state index is 0.204. The molecule has 0 aromatic heterocycles. The molecule has 0 saturated heterocycles. The number of halogens is 1. The quantitative estimate of drug-likeness (QED) is 0.791. The highest BCUT2D eigenvalue weighted by molar-refractivity contribution is 6.31. The molecule has 18 heavy (non-hydrogen) atoms. The summed E-state index contributed by atoms with van der Waals surface area (Å²) >= 11 is 5.93. The summed E-state index contributed by atoms with van der Waals surface area (Å²) in [5.41, 5.74) is 1.44. The van der Waals surface area contributed by atoms with Crippen molar-refractivity contribution in [2.24, 2.45) is 0 Å². The molecule has 1 aromatic rings. The Kier molecular flexibility index (Phi) is 3.57. The number of nitrogens with zero attached hydrogens (tertiary/aromatic N) is 1. The average Bonchev–Trinajstić information content (AvgIpc) is 2.54. The molecule has 0 saturated carbocycles. The molecule has 1 unspecified atom stereocenters. The van der Waals surface area contributed by atoms with E-state index in [1.165, 1.54) is 6.92 Å². The molecule has 0 fully saturated rings. The highest BCUT2D eigenvalue weighted by atomic mass is 35.5. The highest BCUT2D eigenvalue weighted by Crippen LogP contribution is 2.39. The zero-order chi connectivity index (χ0) is 13.3. The number of benzene rings is 1. The first-order valence-corrected chi connectivity index (χ1v) is 6.20. The van der Waals surface area contributed by atoms with Crippen molar-refractivity contribution in [1.82, 2.24) is 0 Å². The third kappa shape index (κ3) is 2.20. The van der Waals surface area contributed by atoms with Gasteiger partial charge in [-0.2, -0.15) is 0 Å². The SMILES string of the molecule is CCCN1C(=O)C(OC(C)=O)c2cc(Cl)ccc21. The normalized spacial score (nSPS) is 17.8. The van der Waals surface area contributed by atoms with Crippen LogP contribution in [0.2, 0.25) is 5.02 Å². The van der Waals surface area contributed by atoms with Crippen LogP contribution in [-0.2, 0) is 14.3 Å². The summed E-state index contributed by atoms with van der Waals surface area (Å²) in [5.74, 6) is -0.679. The van der Waals surface area contributed by atoms with Gasteiger partial charge in [-0.15, -0.1) is 0 Å². The van der Waals surface area contributed by atoms with E-state index in [2.05, 4.69) is 0 Å². The molecule has 1 aromatic carbocycles. The molecular weight excluding hydrogens is 254 g/mol. The fourth-order valence-electron chi connectivity index (χ4n) is 2.11. The van der Waals surface area contributed by atoms with Crippen molar-refractivity contribution in [2.75, 3.05) is 11.4 Å². The van der Waals surface area contributed by atoms with Gasteiger partial charge in [-0.05, 0) is 24.6 Å². The van der Waals surface area contributed by atoms with Crippen LogP contribution < -0.4 is 4.90 Å². The van der Waals surface area contributed by atoms with Crippen LogP contribution >= 0.6 is 11.6 Å². The summed E-state index contributed by atoms with van der Waals surface area (Å²) in [6.45, 7) is 3.88. The van der Waals surface area contributed by atoms with Crippen molar-refractivity contribution in [3.63, 3.8) is 0 Å². The Balaban J connectivity index is 2.43. The van der Waals surface area contributed by atoms with Crippen LogP contribution in [0, 0.1) is 0 Å². The molecule has 1 atom stereocenters. The first-order valence-electron chi connectivity index (χ1n) is 5.82. The number of ether oxygens (including phenoxy) is 1. The van der Waals surface area contributed by atoms with Gasteiger partial charge >= 0.3 is 5.97 Å². The van der Waals surface area contributed by atoms with E-state index in [1.54, 1.807) is 23.1 Å². The molecule has 1 amide bonds. The zero-order valence-corrected chi connectivity index (χ0v) is 11.0. The molecule has 1 aliphatic heterocycles. The number of amides is 1. The number of anilines is 1. The minimum atomic E-state index is -0.859. The lowest BCUT2D eigenvalue weighted by Gasteiger charge is -2.16. The fraction of sp³-hybridized carbons (Fsp3) is 0.385. The molecule has 0 radical (unpaired) electrons. The maximum atomic E-state index is 12.2. The summed E-state index contributed by atoms with van der Waals surface area (Å²) in [7, 11) is 0. The van der Waals surface area contributed by atoms with Gasteiger partial charge in [-0.1, -0.05) is 18.5 Å². The van der Waals surface area contributed by atoms with Crippen LogP contribution in [0.15, 0.2) is 18.2 Å². The Labute approximate surface area is 110 Å². The molecule has 5 heteroatoms. The first-order chi connectivity index (χ1) is 8.54. The molecule has 2 rings (SSSR count). The molecule has 0 aliphatic carbocycles. The van der Waals surface area contributed by atoms with Gasteiger partial charge in [0.1, 0.15) is 0 Å². The second kappa shape index (κ2) is 4.98. The summed E-state index contributed by atoms with van der Waals surface area (Å²) in [4.78, 5) is 24.9. The van der Waals surface area contributed by atoms with Crippen LogP contribution in [-0.4, -0.2) is 18.4 Å². The molecule has 1 heterocycles. The highest BCUT2D eigenvalue weighted by Gasteiger charge is 2.39. The Morgan fingerprint density at radius 2 is 2.22 bits per heavy atom. The van der Waals surface area contributed by atoms with E-state index in [4.69, 9.17) is 16.3 Å². The van der Waals surface area contributed by atoms with Crippen LogP contribution in [0.25, 0.3) is 0 Å². The van der Waals surface area contributed by atoms with Crippen LogP contribution in [0.3, 0.4) is 0 Å². The van der Waals surface area contributed by atoms with Crippen molar-refractivity contribution in [3.05, 3.63) is 28.8 Å². The predicted molar refractivity (Wildman–Crippen MR) is 68.6 cm³/mol. The zero-order valence-electron chi connectivity index (χ0n) is 10.3. The monoisotopic (exact) mass is 267 g/mol. The van der Waals surface area contributed by atoms with Crippen molar-refractivity contribution in [3.8, 4) is 0 Å². The minimum Gasteiger partial charge on any atom is -0.447 e. The molecule has 0 bridgehead atoms. The van der Waals surface area contributed by atoms with Gasteiger partial charge in [0, 0.05) is 24.1 Å². The summed E-state index contributed by atoms with van der Waals surface area (Å²) in [6, 6.07) is 5.19. The third-order valence-electron chi connectivity index (χ3n) is 2.78. The molecule has 0 N–H and O–H groups in total. The van der Waals surface area contributed by atoms with Gasteiger partial charge in [0.05, 0.1) is 5.69 Å². The molecular formula is C13H14ClNO3. The lowest BCUT2D eigenvalue weighted by Crippen LogP contribution is -2.30. The number of esters is 1. The third-order valence-corrected chi connectivity index (χ3v) is 3.02. The predicted octanol–water partition coefficient (Wildman–Crippen LogP) is 2.70. The van der Waals surface area contributed by atoms with E-state index < -0.39 is 12.1 Å². The maximum absolute atomic E-state index is 12.2. The lowest BCUT2D eigenvalue weighted by molar-refractivity contribution is -0.152. The number of rotatable bonds is 3. The lowest BCUT2D eigenvalue weighted by atomic mass is 10.1. The first kappa shape index (κ1) is 12.9. The number of carbonyl (C=O) groups is 2. The van der Waals surface area contributed by atoms with E-state index in [0.717, 1.165) is 12.1 Å². The van der Waals surface area contributed by atoms with Crippen molar-refractivity contribution >= 4 is 29.2 Å². The van der Waals surface area contributed by atoms with Crippen LogP contribution in [0.4, 0.5) is 5.69 Å². The second-order valence-corrected chi connectivity index (χ2v) is 4.62. The molecule has 0 spiro atoms. The summed E-state index contributed by atoms with van der Waals surface area (Å²) in [5, 5.41) is 0.525. The Morgan fingerprint density at radius 3 is 2.83 bits per heavy atom. The average molecular weight is 268 g/mol.